The molecule has 1 saturated carbocycles. The third-order valence-electron chi connectivity index (χ3n) is 4.57. The molecule has 1 aromatic carbocycles. The number of aromatic nitrogens is 4. The molecule has 1 aliphatic carbocycles. The van der Waals surface area contributed by atoms with E-state index in [-0.39, 0.29) is 17.4 Å². The van der Waals surface area contributed by atoms with Crippen LogP contribution < -0.4 is 5.32 Å². The maximum atomic E-state index is 13.3. The molecule has 1 fully saturated rings. The van der Waals surface area contributed by atoms with Gasteiger partial charge in [-0.1, -0.05) is 17.7 Å². The van der Waals surface area contributed by atoms with Crippen molar-refractivity contribution >= 4 is 17.5 Å². The van der Waals surface area contributed by atoms with Crippen LogP contribution >= 0.6 is 11.6 Å². The van der Waals surface area contributed by atoms with Crippen LogP contribution in [-0.2, 0) is 11.7 Å². The monoisotopic (exact) mass is 413 g/mol. The number of rotatable bonds is 4. The molecule has 4 rings (SSSR count). The van der Waals surface area contributed by atoms with E-state index in [4.69, 9.17) is 11.6 Å². The van der Waals surface area contributed by atoms with Crippen LogP contribution in [-0.4, -0.2) is 20.2 Å². The fraction of sp³-hybridized carbons (Fsp3) is 0.294. The lowest BCUT2D eigenvalue weighted by molar-refractivity contribution is -0.156. The van der Waals surface area contributed by atoms with Crippen LogP contribution in [0.1, 0.15) is 30.7 Å². The molecule has 0 saturated heterocycles. The van der Waals surface area contributed by atoms with E-state index in [9.17, 15) is 17.6 Å². The Balaban J connectivity index is 1.56. The first-order valence-electron chi connectivity index (χ1n) is 8.24. The SMILES string of the molecule is Fc1ccc(C2(Nc3ncc(-c4nnc(C(F)(F)F)o4)cn3)CCC2)c(Cl)c1. The summed E-state index contributed by atoms with van der Waals surface area (Å²) < 4.78 is 55.6. The molecular weight excluding hydrogens is 402 g/mol. The summed E-state index contributed by atoms with van der Waals surface area (Å²) in [5, 5.41) is 9.83. The number of hydrogen-bond acceptors (Lipinski definition) is 6. The largest absolute Gasteiger partial charge is 0.470 e. The summed E-state index contributed by atoms with van der Waals surface area (Å²) in [6.07, 6.45) is 0.285. The lowest BCUT2D eigenvalue weighted by Crippen LogP contribution is -2.42. The summed E-state index contributed by atoms with van der Waals surface area (Å²) in [6, 6.07) is 4.20. The molecule has 0 amide bonds. The normalized spacial score (nSPS) is 15.9. The van der Waals surface area contributed by atoms with Crippen molar-refractivity contribution in [3.05, 3.63) is 52.9 Å². The number of hydrogen-bond donors (Lipinski definition) is 1. The van der Waals surface area contributed by atoms with Gasteiger partial charge in [0.05, 0.1) is 11.1 Å². The van der Waals surface area contributed by atoms with Gasteiger partial charge in [-0.3, -0.25) is 0 Å². The number of benzene rings is 1. The van der Waals surface area contributed by atoms with Gasteiger partial charge in [0.15, 0.2) is 0 Å². The first-order valence-corrected chi connectivity index (χ1v) is 8.61. The predicted molar refractivity (Wildman–Crippen MR) is 90.9 cm³/mol. The van der Waals surface area contributed by atoms with Crippen molar-refractivity contribution < 1.29 is 22.0 Å². The Morgan fingerprint density at radius 3 is 2.36 bits per heavy atom. The molecule has 146 valence electrons. The zero-order valence-electron chi connectivity index (χ0n) is 14.1. The van der Waals surface area contributed by atoms with Crippen LogP contribution in [0, 0.1) is 5.82 Å². The molecule has 0 bridgehead atoms. The summed E-state index contributed by atoms with van der Waals surface area (Å²) in [5.74, 6) is -1.95. The number of alkyl halides is 3. The number of nitrogens with zero attached hydrogens (tertiary/aromatic N) is 4. The van der Waals surface area contributed by atoms with Crippen LogP contribution in [0.5, 0.6) is 0 Å². The van der Waals surface area contributed by atoms with E-state index in [0.29, 0.717) is 5.02 Å². The molecule has 11 heteroatoms. The van der Waals surface area contributed by atoms with Gasteiger partial charge >= 0.3 is 12.1 Å². The molecular formula is C17H12ClF4N5O. The lowest BCUT2D eigenvalue weighted by Gasteiger charge is -2.43. The quantitative estimate of drug-likeness (QED) is 0.617. The molecule has 6 nitrogen and oxygen atoms in total. The Labute approximate surface area is 161 Å². The molecule has 0 unspecified atom stereocenters. The lowest BCUT2D eigenvalue weighted by atomic mass is 9.72. The van der Waals surface area contributed by atoms with E-state index in [0.717, 1.165) is 24.8 Å². The zero-order valence-corrected chi connectivity index (χ0v) is 14.9. The minimum absolute atomic E-state index is 0.149. The van der Waals surface area contributed by atoms with E-state index >= 15 is 0 Å². The van der Waals surface area contributed by atoms with Crippen molar-refractivity contribution in [3.8, 4) is 11.5 Å². The first kappa shape index (κ1) is 18.6. The summed E-state index contributed by atoms with van der Waals surface area (Å²) >= 11 is 6.20. The van der Waals surface area contributed by atoms with Crippen molar-refractivity contribution in [1.82, 2.24) is 20.2 Å². The molecule has 0 aliphatic heterocycles. The van der Waals surface area contributed by atoms with Crippen molar-refractivity contribution in [2.45, 2.75) is 31.0 Å². The Bertz CT molecular complexity index is 1000. The highest BCUT2D eigenvalue weighted by Crippen LogP contribution is 2.46. The van der Waals surface area contributed by atoms with Crippen molar-refractivity contribution in [3.63, 3.8) is 0 Å². The summed E-state index contributed by atoms with van der Waals surface area (Å²) in [7, 11) is 0. The van der Waals surface area contributed by atoms with Crippen molar-refractivity contribution in [1.29, 1.82) is 0 Å². The second kappa shape index (κ2) is 6.69. The second-order valence-corrected chi connectivity index (χ2v) is 6.80. The molecule has 1 N–H and O–H groups in total. The standard InChI is InChI=1S/C17H12ClF4N5O/c18-12-6-10(19)2-3-11(12)16(4-1-5-16)25-15-23-7-9(8-24-15)13-26-27-14(28-13)17(20,21)22/h2-3,6-8H,1,4-5H2,(H,23,24,25). The van der Waals surface area contributed by atoms with E-state index < -0.39 is 23.4 Å². The fourth-order valence-corrected chi connectivity index (χ4v) is 3.39. The average Bonchev–Trinajstić information content (AvgIpc) is 3.10. The van der Waals surface area contributed by atoms with Crippen LogP contribution in [0.15, 0.2) is 35.0 Å². The molecule has 0 spiro atoms. The molecule has 2 heterocycles. The third-order valence-corrected chi connectivity index (χ3v) is 4.88. The highest BCUT2D eigenvalue weighted by molar-refractivity contribution is 6.31. The Kier molecular flexibility index (Phi) is 4.45. The molecule has 0 radical (unpaired) electrons. The van der Waals surface area contributed by atoms with Gasteiger partial charge in [-0.15, -0.1) is 10.2 Å². The highest BCUT2D eigenvalue weighted by Gasteiger charge is 2.41. The Morgan fingerprint density at radius 2 is 1.82 bits per heavy atom. The van der Waals surface area contributed by atoms with Gasteiger partial charge in [0, 0.05) is 17.4 Å². The summed E-state index contributed by atoms with van der Waals surface area (Å²) in [4.78, 5) is 8.24. The maximum absolute atomic E-state index is 13.3. The summed E-state index contributed by atoms with van der Waals surface area (Å²) in [5.41, 5.74) is 0.359. The third kappa shape index (κ3) is 3.39. The van der Waals surface area contributed by atoms with E-state index in [1.807, 2.05) is 0 Å². The first-order chi connectivity index (χ1) is 13.3. The van der Waals surface area contributed by atoms with Gasteiger partial charge in [-0.05, 0) is 37.0 Å². The van der Waals surface area contributed by atoms with Gasteiger partial charge in [0.1, 0.15) is 5.82 Å². The van der Waals surface area contributed by atoms with Crippen molar-refractivity contribution in [2.75, 3.05) is 5.32 Å². The number of halogens is 5. The van der Waals surface area contributed by atoms with Crippen LogP contribution in [0.3, 0.4) is 0 Å². The number of anilines is 1. The topological polar surface area (TPSA) is 76.7 Å². The summed E-state index contributed by atoms with van der Waals surface area (Å²) in [6.45, 7) is 0. The van der Waals surface area contributed by atoms with Gasteiger partial charge in [0.2, 0.25) is 5.95 Å². The predicted octanol–water partition coefficient (Wildman–Crippen LogP) is 4.83. The van der Waals surface area contributed by atoms with Gasteiger partial charge in [-0.2, -0.15) is 13.2 Å². The van der Waals surface area contributed by atoms with Crippen LogP contribution in [0.2, 0.25) is 5.02 Å². The highest BCUT2D eigenvalue weighted by atomic mass is 35.5. The van der Waals surface area contributed by atoms with E-state index in [1.165, 1.54) is 24.5 Å². The molecule has 28 heavy (non-hydrogen) atoms. The van der Waals surface area contributed by atoms with Crippen LogP contribution in [0.25, 0.3) is 11.5 Å². The smallest absolute Gasteiger partial charge is 0.413 e. The van der Waals surface area contributed by atoms with E-state index in [1.54, 1.807) is 6.07 Å². The minimum Gasteiger partial charge on any atom is -0.413 e. The van der Waals surface area contributed by atoms with Gasteiger partial charge in [0.25, 0.3) is 5.89 Å². The zero-order chi connectivity index (χ0) is 19.9. The van der Waals surface area contributed by atoms with Crippen molar-refractivity contribution in [2.24, 2.45) is 0 Å². The molecule has 1 aliphatic rings. The molecule has 3 aromatic rings. The van der Waals surface area contributed by atoms with Gasteiger partial charge in [-0.25, -0.2) is 14.4 Å². The number of nitrogens with one attached hydrogen (secondary N) is 1. The minimum atomic E-state index is -4.72. The average molecular weight is 414 g/mol. The second-order valence-electron chi connectivity index (χ2n) is 6.39. The maximum Gasteiger partial charge on any atom is 0.470 e. The van der Waals surface area contributed by atoms with E-state index in [2.05, 4.69) is 29.9 Å². The van der Waals surface area contributed by atoms with Gasteiger partial charge < -0.3 is 9.73 Å². The molecule has 2 aromatic heterocycles. The van der Waals surface area contributed by atoms with Crippen LogP contribution in [0.4, 0.5) is 23.5 Å². The fourth-order valence-electron chi connectivity index (χ4n) is 3.04. The Hall–Kier alpha value is -2.75. The Morgan fingerprint density at radius 1 is 1.11 bits per heavy atom. The molecule has 0 atom stereocenters.